The van der Waals surface area contributed by atoms with Gasteiger partial charge in [-0.05, 0) is 31.2 Å². The number of thiophene rings is 1. The first-order valence-electron chi connectivity index (χ1n) is 8.87. The molecule has 0 aromatic carbocycles. The Morgan fingerprint density at radius 3 is 2.71 bits per heavy atom. The second-order valence-corrected chi connectivity index (χ2v) is 7.77. The topological polar surface area (TPSA) is 56.7 Å². The summed E-state index contributed by atoms with van der Waals surface area (Å²) in [5, 5.41) is 8.65. The average molecular weight is 351 g/mol. The van der Waals surface area contributed by atoms with Gasteiger partial charge in [0.1, 0.15) is 0 Å². The van der Waals surface area contributed by atoms with Crippen molar-refractivity contribution in [3.63, 3.8) is 0 Å². The lowest BCUT2D eigenvalue weighted by atomic mass is 9.92. The third-order valence-electron chi connectivity index (χ3n) is 4.25. The number of hydrogen-bond donors (Lipinski definition) is 2. The maximum absolute atomic E-state index is 12.1. The first kappa shape index (κ1) is 18.8. The van der Waals surface area contributed by atoms with Crippen molar-refractivity contribution < 1.29 is 4.79 Å². The SMILES string of the molecule is CCNC(=NCC(C)(C)c1cccs1)NCCC(=O)N1CCCC1. The highest BCUT2D eigenvalue weighted by Gasteiger charge is 2.21. The molecule has 1 aliphatic heterocycles. The second kappa shape index (κ2) is 9.06. The van der Waals surface area contributed by atoms with Crippen LogP contribution in [0.5, 0.6) is 0 Å². The molecule has 2 heterocycles. The summed E-state index contributed by atoms with van der Waals surface area (Å²) in [6, 6.07) is 4.24. The lowest BCUT2D eigenvalue weighted by molar-refractivity contribution is -0.129. The predicted molar refractivity (Wildman–Crippen MR) is 102 cm³/mol. The molecule has 5 nitrogen and oxygen atoms in total. The van der Waals surface area contributed by atoms with Crippen molar-refractivity contribution in [1.29, 1.82) is 0 Å². The van der Waals surface area contributed by atoms with E-state index < -0.39 is 0 Å². The molecule has 1 aromatic heterocycles. The summed E-state index contributed by atoms with van der Waals surface area (Å²) in [7, 11) is 0. The molecular weight excluding hydrogens is 320 g/mol. The van der Waals surface area contributed by atoms with Crippen molar-refractivity contribution in [2.75, 3.05) is 32.7 Å². The number of nitrogens with zero attached hydrogens (tertiary/aromatic N) is 2. The zero-order valence-corrected chi connectivity index (χ0v) is 15.9. The summed E-state index contributed by atoms with van der Waals surface area (Å²) in [5.74, 6) is 1.03. The normalized spacial score (nSPS) is 15.6. The van der Waals surface area contributed by atoms with E-state index in [9.17, 15) is 4.79 Å². The number of likely N-dealkylation sites (tertiary alicyclic amines) is 1. The third-order valence-corrected chi connectivity index (χ3v) is 5.49. The fraction of sp³-hybridized carbons (Fsp3) is 0.667. The van der Waals surface area contributed by atoms with E-state index in [1.54, 1.807) is 11.3 Å². The molecule has 0 saturated carbocycles. The maximum atomic E-state index is 12.1. The Labute approximate surface area is 149 Å². The molecule has 1 fully saturated rings. The van der Waals surface area contributed by atoms with Crippen molar-refractivity contribution in [3.8, 4) is 0 Å². The van der Waals surface area contributed by atoms with Gasteiger partial charge in [-0.1, -0.05) is 19.9 Å². The molecule has 0 radical (unpaired) electrons. The maximum Gasteiger partial charge on any atom is 0.224 e. The smallest absolute Gasteiger partial charge is 0.224 e. The molecule has 0 unspecified atom stereocenters. The van der Waals surface area contributed by atoms with Crippen molar-refractivity contribution in [2.45, 2.75) is 45.4 Å². The minimum atomic E-state index is 0.0158. The van der Waals surface area contributed by atoms with E-state index in [-0.39, 0.29) is 11.3 Å². The second-order valence-electron chi connectivity index (χ2n) is 6.82. The van der Waals surface area contributed by atoms with Crippen molar-refractivity contribution in [3.05, 3.63) is 22.4 Å². The molecule has 2 N–H and O–H groups in total. The van der Waals surface area contributed by atoms with E-state index in [1.165, 1.54) is 4.88 Å². The Bertz CT molecular complexity index is 533. The van der Waals surface area contributed by atoms with Gasteiger partial charge in [-0.15, -0.1) is 11.3 Å². The van der Waals surface area contributed by atoms with E-state index in [1.807, 2.05) is 4.90 Å². The summed E-state index contributed by atoms with van der Waals surface area (Å²) in [6.07, 6.45) is 2.81. The number of amides is 1. The number of hydrogen-bond acceptors (Lipinski definition) is 3. The van der Waals surface area contributed by atoms with Crippen LogP contribution < -0.4 is 10.6 Å². The lowest BCUT2D eigenvalue weighted by Gasteiger charge is -2.22. The van der Waals surface area contributed by atoms with Gasteiger partial charge in [0.15, 0.2) is 5.96 Å². The molecule has 1 aromatic rings. The summed E-state index contributed by atoms with van der Waals surface area (Å²) >= 11 is 1.77. The van der Waals surface area contributed by atoms with Gasteiger partial charge in [0.2, 0.25) is 5.91 Å². The highest BCUT2D eigenvalue weighted by molar-refractivity contribution is 7.10. The predicted octanol–water partition coefficient (Wildman–Crippen LogP) is 2.59. The molecule has 1 aliphatic rings. The van der Waals surface area contributed by atoms with Crippen LogP contribution in [0.4, 0.5) is 0 Å². The third kappa shape index (κ3) is 5.51. The number of rotatable bonds is 7. The van der Waals surface area contributed by atoms with Crippen LogP contribution in [-0.2, 0) is 10.2 Å². The number of aliphatic imine (C=N–C) groups is 1. The van der Waals surface area contributed by atoms with Gasteiger partial charge in [-0.2, -0.15) is 0 Å². The zero-order valence-electron chi connectivity index (χ0n) is 15.1. The quantitative estimate of drug-likeness (QED) is 0.587. The first-order valence-corrected chi connectivity index (χ1v) is 9.75. The van der Waals surface area contributed by atoms with E-state index in [0.29, 0.717) is 19.5 Å². The average Bonchev–Trinajstić information content (AvgIpc) is 3.25. The molecule has 0 aliphatic carbocycles. The van der Waals surface area contributed by atoms with E-state index in [2.05, 4.69) is 48.9 Å². The molecule has 0 spiro atoms. The molecule has 0 atom stereocenters. The van der Waals surface area contributed by atoms with Crippen molar-refractivity contribution >= 4 is 23.2 Å². The molecule has 1 amide bonds. The van der Waals surface area contributed by atoms with Crippen LogP contribution >= 0.6 is 11.3 Å². The molecule has 24 heavy (non-hydrogen) atoms. The molecule has 1 saturated heterocycles. The summed E-state index contributed by atoms with van der Waals surface area (Å²) in [6.45, 7) is 10.5. The zero-order chi connectivity index (χ0) is 17.4. The number of carbonyl (C=O) groups is 1. The highest BCUT2D eigenvalue weighted by atomic mass is 32.1. The molecule has 6 heteroatoms. The number of nitrogens with one attached hydrogen (secondary N) is 2. The number of carbonyl (C=O) groups excluding carboxylic acids is 1. The molecular formula is C18H30N4OS. The monoisotopic (exact) mass is 350 g/mol. The van der Waals surface area contributed by atoms with Crippen LogP contribution in [-0.4, -0.2) is 49.5 Å². The highest BCUT2D eigenvalue weighted by Crippen LogP contribution is 2.27. The van der Waals surface area contributed by atoms with Crippen LogP contribution in [0.3, 0.4) is 0 Å². The summed E-state index contributed by atoms with van der Waals surface area (Å²) in [5.41, 5.74) is 0.0158. The fourth-order valence-corrected chi connectivity index (χ4v) is 3.62. The van der Waals surface area contributed by atoms with Crippen molar-refractivity contribution in [2.24, 2.45) is 4.99 Å². The Hall–Kier alpha value is -1.56. The fourth-order valence-electron chi connectivity index (χ4n) is 2.77. The number of guanidine groups is 1. The Morgan fingerprint density at radius 1 is 1.33 bits per heavy atom. The minimum Gasteiger partial charge on any atom is -0.357 e. The van der Waals surface area contributed by atoms with Gasteiger partial charge in [-0.3, -0.25) is 9.79 Å². The van der Waals surface area contributed by atoms with E-state index >= 15 is 0 Å². The standard InChI is InChI=1S/C18H30N4OS/c1-4-19-17(20-10-9-16(23)22-11-5-6-12-22)21-14-18(2,3)15-8-7-13-24-15/h7-8,13H,4-6,9-12,14H2,1-3H3,(H2,19,20,21). The molecule has 134 valence electrons. The van der Waals surface area contributed by atoms with Crippen LogP contribution in [0.2, 0.25) is 0 Å². The minimum absolute atomic E-state index is 0.0158. The van der Waals surface area contributed by atoms with Crippen LogP contribution in [0.15, 0.2) is 22.5 Å². The van der Waals surface area contributed by atoms with E-state index in [4.69, 9.17) is 4.99 Å². The Kier molecular flexibility index (Phi) is 7.09. The van der Waals surface area contributed by atoms with Gasteiger partial charge in [0, 0.05) is 42.9 Å². The van der Waals surface area contributed by atoms with Gasteiger partial charge in [0.25, 0.3) is 0 Å². The van der Waals surface area contributed by atoms with Crippen LogP contribution in [0.1, 0.15) is 44.9 Å². The van der Waals surface area contributed by atoms with Crippen LogP contribution in [0.25, 0.3) is 0 Å². The Balaban J connectivity index is 1.83. The largest absolute Gasteiger partial charge is 0.357 e. The lowest BCUT2D eigenvalue weighted by Crippen LogP contribution is -2.40. The Morgan fingerprint density at radius 2 is 2.08 bits per heavy atom. The van der Waals surface area contributed by atoms with Gasteiger partial charge in [0.05, 0.1) is 6.54 Å². The van der Waals surface area contributed by atoms with Gasteiger partial charge >= 0.3 is 0 Å². The van der Waals surface area contributed by atoms with Crippen molar-refractivity contribution in [1.82, 2.24) is 15.5 Å². The summed E-state index contributed by atoms with van der Waals surface area (Å²) < 4.78 is 0. The molecule has 2 rings (SSSR count). The molecule has 0 bridgehead atoms. The van der Waals surface area contributed by atoms with Crippen LogP contribution in [0, 0.1) is 0 Å². The summed E-state index contributed by atoms with van der Waals surface area (Å²) in [4.78, 5) is 20.1. The first-order chi connectivity index (χ1) is 11.5. The van der Waals surface area contributed by atoms with Gasteiger partial charge < -0.3 is 15.5 Å². The van der Waals surface area contributed by atoms with Gasteiger partial charge in [-0.25, -0.2) is 0 Å². The van der Waals surface area contributed by atoms with E-state index in [0.717, 1.165) is 38.4 Å².